The van der Waals surface area contributed by atoms with Crippen LogP contribution >= 0.6 is 0 Å². The van der Waals surface area contributed by atoms with Gasteiger partial charge in [0.1, 0.15) is 24.7 Å². The Morgan fingerprint density at radius 3 is 1.94 bits per heavy atom. The highest BCUT2D eigenvalue weighted by Gasteiger charge is 2.17. The molecule has 0 aliphatic carbocycles. The van der Waals surface area contributed by atoms with Gasteiger partial charge in [-0.1, -0.05) is 93.3 Å². The molecule has 3 aromatic carbocycles. The fourth-order valence-electron chi connectivity index (χ4n) is 3.83. The topological polar surface area (TPSA) is 35.5 Å². The minimum Gasteiger partial charge on any atom is -0.489 e. The van der Waals surface area contributed by atoms with Crippen molar-refractivity contribution in [3.63, 3.8) is 0 Å². The van der Waals surface area contributed by atoms with Crippen molar-refractivity contribution in [2.24, 2.45) is 0 Å². The standard InChI is InChI=1S/C29H34O3/c1-3-4-5-6-13-18-26-19-27(31-21-24-14-9-7-10-15-24)20-28(29(26)23(2)30)32-22-25-16-11-8-12-17-25/h7-12,14-17,19-20H,3-6,13,18,21-22H2,1-2H3. The van der Waals surface area contributed by atoms with Crippen LogP contribution in [0.3, 0.4) is 0 Å². The van der Waals surface area contributed by atoms with Gasteiger partial charge in [-0.3, -0.25) is 4.79 Å². The number of Topliss-reactive ketones (excluding diaryl/α,β-unsaturated/α-hetero) is 1. The van der Waals surface area contributed by atoms with E-state index in [0.29, 0.717) is 24.5 Å². The summed E-state index contributed by atoms with van der Waals surface area (Å²) >= 11 is 0. The Hall–Kier alpha value is -3.07. The van der Waals surface area contributed by atoms with Gasteiger partial charge in [-0.15, -0.1) is 0 Å². The molecule has 0 radical (unpaired) electrons. The Morgan fingerprint density at radius 2 is 1.34 bits per heavy atom. The number of hydrogen-bond acceptors (Lipinski definition) is 3. The van der Waals surface area contributed by atoms with Gasteiger partial charge in [0.05, 0.1) is 5.56 Å². The molecule has 168 valence electrons. The highest BCUT2D eigenvalue weighted by atomic mass is 16.5. The predicted octanol–water partition coefficient (Wildman–Crippen LogP) is 7.56. The Bertz CT molecular complexity index is 964. The third kappa shape index (κ3) is 7.26. The number of benzene rings is 3. The molecule has 0 aliphatic rings. The van der Waals surface area contributed by atoms with Crippen molar-refractivity contribution in [2.75, 3.05) is 0 Å². The van der Waals surface area contributed by atoms with E-state index < -0.39 is 0 Å². The number of hydrogen-bond donors (Lipinski definition) is 0. The molecule has 0 heterocycles. The Labute approximate surface area is 192 Å². The second kappa shape index (κ2) is 12.7. The fourth-order valence-corrected chi connectivity index (χ4v) is 3.83. The van der Waals surface area contributed by atoms with Crippen LogP contribution in [0.25, 0.3) is 0 Å². The van der Waals surface area contributed by atoms with E-state index >= 15 is 0 Å². The second-order valence-electron chi connectivity index (χ2n) is 8.22. The molecule has 0 fully saturated rings. The van der Waals surface area contributed by atoms with Crippen molar-refractivity contribution >= 4 is 5.78 Å². The second-order valence-corrected chi connectivity index (χ2v) is 8.22. The van der Waals surface area contributed by atoms with Crippen LogP contribution in [0.1, 0.15) is 73.0 Å². The Kier molecular flexibility index (Phi) is 9.37. The van der Waals surface area contributed by atoms with E-state index in [-0.39, 0.29) is 5.78 Å². The average molecular weight is 431 g/mol. The summed E-state index contributed by atoms with van der Waals surface area (Å²) < 4.78 is 12.3. The van der Waals surface area contributed by atoms with Crippen molar-refractivity contribution in [3.05, 3.63) is 95.1 Å². The molecular formula is C29H34O3. The Morgan fingerprint density at radius 1 is 0.750 bits per heavy atom. The van der Waals surface area contributed by atoms with Crippen LogP contribution in [0.2, 0.25) is 0 Å². The molecule has 0 spiro atoms. The zero-order valence-electron chi connectivity index (χ0n) is 19.3. The van der Waals surface area contributed by atoms with Gasteiger partial charge in [-0.05, 0) is 42.5 Å². The van der Waals surface area contributed by atoms with Gasteiger partial charge >= 0.3 is 0 Å². The third-order valence-electron chi connectivity index (χ3n) is 5.54. The predicted molar refractivity (Wildman–Crippen MR) is 130 cm³/mol. The van der Waals surface area contributed by atoms with Crippen LogP contribution in [-0.2, 0) is 19.6 Å². The summed E-state index contributed by atoms with van der Waals surface area (Å²) in [7, 11) is 0. The quantitative estimate of drug-likeness (QED) is 0.207. The molecule has 0 aliphatic heterocycles. The van der Waals surface area contributed by atoms with Crippen molar-refractivity contribution < 1.29 is 14.3 Å². The maximum absolute atomic E-state index is 12.6. The molecule has 3 rings (SSSR count). The molecule has 0 saturated carbocycles. The summed E-state index contributed by atoms with van der Waals surface area (Å²) in [5.74, 6) is 1.38. The van der Waals surface area contributed by atoms with Gasteiger partial charge < -0.3 is 9.47 Å². The first-order valence-corrected chi connectivity index (χ1v) is 11.7. The summed E-state index contributed by atoms with van der Waals surface area (Å²) in [6.45, 7) is 4.74. The summed E-state index contributed by atoms with van der Waals surface area (Å²) in [6.07, 6.45) is 6.78. The maximum Gasteiger partial charge on any atom is 0.163 e. The lowest BCUT2D eigenvalue weighted by molar-refractivity contribution is 0.101. The smallest absolute Gasteiger partial charge is 0.163 e. The maximum atomic E-state index is 12.6. The van der Waals surface area contributed by atoms with Crippen LogP contribution in [-0.4, -0.2) is 5.78 Å². The highest BCUT2D eigenvalue weighted by Crippen LogP contribution is 2.32. The molecule has 3 aromatic rings. The minimum absolute atomic E-state index is 0.0335. The molecule has 3 heteroatoms. The van der Waals surface area contributed by atoms with Crippen LogP contribution in [0.15, 0.2) is 72.8 Å². The summed E-state index contributed by atoms with van der Waals surface area (Å²) in [5, 5.41) is 0. The SMILES string of the molecule is CCCCCCCc1cc(OCc2ccccc2)cc(OCc2ccccc2)c1C(C)=O. The lowest BCUT2D eigenvalue weighted by atomic mass is 9.97. The van der Waals surface area contributed by atoms with Gasteiger partial charge in [0.15, 0.2) is 5.78 Å². The summed E-state index contributed by atoms with van der Waals surface area (Å²) in [4.78, 5) is 12.6. The van der Waals surface area contributed by atoms with Gasteiger partial charge in [-0.2, -0.15) is 0 Å². The minimum atomic E-state index is 0.0335. The van der Waals surface area contributed by atoms with Gasteiger partial charge in [0, 0.05) is 6.07 Å². The van der Waals surface area contributed by atoms with E-state index in [1.807, 2.05) is 72.8 Å². The van der Waals surface area contributed by atoms with Crippen molar-refractivity contribution in [3.8, 4) is 11.5 Å². The molecule has 0 unspecified atom stereocenters. The summed E-state index contributed by atoms with van der Waals surface area (Å²) in [5.41, 5.74) is 3.88. The number of rotatable bonds is 13. The van der Waals surface area contributed by atoms with Gasteiger partial charge in [0.2, 0.25) is 0 Å². The normalized spacial score (nSPS) is 10.7. The molecular weight excluding hydrogens is 396 g/mol. The summed E-state index contributed by atoms with van der Waals surface area (Å²) in [6, 6.07) is 24.0. The van der Waals surface area contributed by atoms with Gasteiger partial charge in [-0.25, -0.2) is 0 Å². The molecule has 0 amide bonds. The first kappa shape index (κ1) is 23.6. The largest absolute Gasteiger partial charge is 0.489 e. The Balaban J connectivity index is 1.82. The highest BCUT2D eigenvalue weighted by molar-refractivity contribution is 5.98. The number of carbonyl (C=O) groups excluding carboxylic acids is 1. The molecule has 0 saturated heterocycles. The first-order chi connectivity index (χ1) is 15.7. The van der Waals surface area contributed by atoms with Crippen LogP contribution in [0, 0.1) is 0 Å². The van der Waals surface area contributed by atoms with E-state index in [4.69, 9.17) is 9.47 Å². The van der Waals surface area contributed by atoms with E-state index in [1.54, 1.807) is 6.92 Å². The lowest BCUT2D eigenvalue weighted by Gasteiger charge is -2.17. The number of unbranched alkanes of at least 4 members (excludes halogenated alkanes) is 4. The van der Waals surface area contributed by atoms with Crippen molar-refractivity contribution in [2.45, 2.75) is 65.6 Å². The fraction of sp³-hybridized carbons (Fsp3) is 0.345. The van der Waals surface area contributed by atoms with Crippen LogP contribution in [0.4, 0.5) is 0 Å². The van der Waals surface area contributed by atoms with E-state index in [0.717, 1.165) is 35.3 Å². The number of ketones is 1. The zero-order chi connectivity index (χ0) is 22.6. The molecule has 32 heavy (non-hydrogen) atoms. The van der Waals surface area contributed by atoms with Crippen molar-refractivity contribution in [1.29, 1.82) is 0 Å². The van der Waals surface area contributed by atoms with Gasteiger partial charge in [0.25, 0.3) is 0 Å². The van der Waals surface area contributed by atoms with E-state index in [1.165, 1.54) is 25.7 Å². The lowest BCUT2D eigenvalue weighted by Crippen LogP contribution is -2.07. The molecule has 3 nitrogen and oxygen atoms in total. The zero-order valence-corrected chi connectivity index (χ0v) is 19.3. The van der Waals surface area contributed by atoms with E-state index in [2.05, 4.69) is 6.92 Å². The number of ether oxygens (including phenoxy) is 2. The molecule has 0 N–H and O–H groups in total. The van der Waals surface area contributed by atoms with E-state index in [9.17, 15) is 4.79 Å². The monoisotopic (exact) mass is 430 g/mol. The number of aryl methyl sites for hydroxylation is 1. The first-order valence-electron chi connectivity index (χ1n) is 11.7. The molecule has 0 aromatic heterocycles. The molecule has 0 bridgehead atoms. The van der Waals surface area contributed by atoms with Crippen LogP contribution < -0.4 is 9.47 Å². The molecule has 0 atom stereocenters. The van der Waals surface area contributed by atoms with Crippen LogP contribution in [0.5, 0.6) is 11.5 Å². The van der Waals surface area contributed by atoms with Crippen molar-refractivity contribution in [1.82, 2.24) is 0 Å². The third-order valence-corrected chi connectivity index (χ3v) is 5.54. The number of carbonyl (C=O) groups is 1. The average Bonchev–Trinajstić information content (AvgIpc) is 2.82.